The van der Waals surface area contributed by atoms with Crippen LogP contribution >= 0.6 is 0 Å². The normalized spacial score (nSPS) is 18.0. The van der Waals surface area contributed by atoms with Crippen LogP contribution in [-0.2, 0) is 11.2 Å². The first-order valence-electron chi connectivity index (χ1n) is 7.12. The summed E-state index contributed by atoms with van der Waals surface area (Å²) < 4.78 is 11.0. The van der Waals surface area contributed by atoms with Crippen LogP contribution in [-0.4, -0.2) is 35.2 Å². The number of para-hydroxylation sites is 1. The average Bonchev–Trinajstić information content (AvgIpc) is 3.09. The van der Waals surface area contributed by atoms with Gasteiger partial charge < -0.3 is 14.2 Å². The lowest BCUT2D eigenvalue weighted by Crippen LogP contribution is -2.32. The molecular weight excluding hydrogens is 268 g/mol. The number of nitrogens with zero attached hydrogens (tertiary/aromatic N) is 2. The number of benzene rings is 1. The number of likely N-dealkylation sites (tertiary alicyclic amines) is 1. The summed E-state index contributed by atoms with van der Waals surface area (Å²) in [4.78, 5) is 14.0. The predicted molar refractivity (Wildman–Crippen MR) is 77.0 cm³/mol. The van der Waals surface area contributed by atoms with Gasteiger partial charge in [-0.1, -0.05) is 23.4 Å². The second-order valence-corrected chi connectivity index (χ2v) is 5.29. The van der Waals surface area contributed by atoms with Gasteiger partial charge in [-0.2, -0.15) is 0 Å². The second-order valence-electron chi connectivity index (χ2n) is 5.29. The average molecular weight is 286 g/mol. The van der Waals surface area contributed by atoms with Crippen molar-refractivity contribution >= 4 is 5.91 Å². The quantitative estimate of drug-likeness (QED) is 0.864. The number of carbonyl (C=O) groups excluding carboxylic acids is 1. The fourth-order valence-corrected chi connectivity index (χ4v) is 2.50. The molecule has 0 spiro atoms. The lowest BCUT2D eigenvalue weighted by molar-refractivity contribution is -0.130. The SMILES string of the molecule is Cc1cc(CC(=O)N2CCC(Oc3ccccc3)C2)on1. The summed E-state index contributed by atoms with van der Waals surface area (Å²) in [7, 11) is 0. The smallest absolute Gasteiger partial charge is 0.230 e. The molecule has 1 aliphatic heterocycles. The first kappa shape index (κ1) is 13.7. The Kier molecular flexibility index (Phi) is 3.90. The fourth-order valence-electron chi connectivity index (χ4n) is 2.50. The highest BCUT2D eigenvalue weighted by molar-refractivity contribution is 5.78. The number of aryl methyl sites for hydroxylation is 1. The molecule has 2 aromatic rings. The van der Waals surface area contributed by atoms with Gasteiger partial charge in [-0.3, -0.25) is 4.79 Å². The van der Waals surface area contributed by atoms with Crippen molar-refractivity contribution in [3.05, 3.63) is 47.9 Å². The molecule has 5 heteroatoms. The molecule has 0 saturated carbocycles. The highest BCUT2D eigenvalue weighted by Gasteiger charge is 2.28. The maximum atomic E-state index is 12.2. The van der Waals surface area contributed by atoms with Crippen LogP contribution in [0.25, 0.3) is 0 Å². The lowest BCUT2D eigenvalue weighted by atomic mass is 10.3. The van der Waals surface area contributed by atoms with Gasteiger partial charge >= 0.3 is 0 Å². The van der Waals surface area contributed by atoms with Crippen molar-refractivity contribution in [2.24, 2.45) is 0 Å². The van der Waals surface area contributed by atoms with Gasteiger partial charge in [0, 0.05) is 19.0 Å². The Morgan fingerprint density at radius 2 is 2.24 bits per heavy atom. The molecule has 1 fully saturated rings. The Morgan fingerprint density at radius 3 is 2.95 bits per heavy atom. The van der Waals surface area contributed by atoms with E-state index < -0.39 is 0 Å². The van der Waals surface area contributed by atoms with E-state index in [0.29, 0.717) is 12.3 Å². The number of rotatable bonds is 4. The third-order valence-corrected chi connectivity index (χ3v) is 3.55. The van der Waals surface area contributed by atoms with Crippen LogP contribution in [0.15, 0.2) is 40.9 Å². The Bertz CT molecular complexity index is 609. The molecule has 1 aromatic heterocycles. The molecular formula is C16H18N2O3. The summed E-state index contributed by atoms with van der Waals surface area (Å²) in [6.45, 7) is 3.20. The van der Waals surface area contributed by atoms with Crippen molar-refractivity contribution in [3.63, 3.8) is 0 Å². The summed E-state index contributed by atoms with van der Waals surface area (Å²) in [5.41, 5.74) is 0.796. The van der Waals surface area contributed by atoms with Gasteiger partial charge in [0.1, 0.15) is 17.6 Å². The third-order valence-electron chi connectivity index (χ3n) is 3.55. The molecule has 1 saturated heterocycles. The molecule has 0 N–H and O–H groups in total. The van der Waals surface area contributed by atoms with Crippen LogP contribution in [0.5, 0.6) is 5.75 Å². The van der Waals surface area contributed by atoms with Crippen LogP contribution in [0.2, 0.25) is 0 Å². The largest absolute Gasteiger partial charge is 0.489 e. The summed E-state index contributed by atoms with van der Waals surface area (Å²) in [6.07, 6.45) is 1.18. The summed E-state index contributed by atoms with van der Waals surface area (Å²) in [5, 5.41) is 3.80. The predicted octanol–water partition coefficient (Wildman–Crippen LogP) is 2.21. The standard InChI is InChI=1S/C16H18N2O3/c1-12-9-15(21-17-12)10-16(19)18-8-7-14(11-18)20-13-5-3-2-4-6-13/h2-6,9,14H,7-8,10-11H2,1H3. The number of carbonyl (C=O) groups is 1. The molecule has 1 unspecified atom stereocenters. The van der Waals surface area contributed by atoms with Crippen molar-refractivity contribution < 1.29 is 14.1 Å². The minimum Gasteiger partial charge on any atom is -0.489 e. The van der Waals surface area contributed by atoms with Crippen molar-refractivity contribution in [1.29, 1.82) is 0 Å². The highest BCUT2D eigenvalue weighted by atomic mass is 16.5. The van der Waals surface area contributed by atoms with Gasteiger partial charge in [-0.15, -0.1) is 0 Å². The van der Waals surface area contributed by atoms with Gasteiger partial charge in [0.25, 0.3) is 0 Å². The molecule has 21 heavy (non-hydrogen) atoms. The number of hydrogen-bond acceptors (Lipinski definition) is 4. The van der Waals surface area contributed by atoms with Gasteiger partial charge in [-0.25, -0.2) is 0 Å². The zero-order valence-electron chi connectivity index (χ0n) is 12.0. The van der Waals surface area contributed by atoms with Crippen LogP contribution in [0.4, 0.5) is 0 Å². The molecule has 0 radical (unpaired) electrons. The van der Waals surface area contributed by atoms with E-state index in [2.05, 4.69) is 5.16 Å². The first-order valence-corrected chi connectivity index (χ1v) is 7.12. The van der Waals surface area contributed by atoms with E-state index >= 15 is 0 Å². The zero-order valence-corrected chi connectivity index (χ0v) is 12.0. The number of amides is 1. The van der Waals surface area contributed by atoms with Crippen LogP contribution in [0.1, 0.15) is 17.9 Å². The lowest BCUT2D eigenvalue weighted by Gasteiger charge is -2.16. The monoisotopic (exact) mass is 286 g/mol. The van der Waals surface area contributed by atoms with E-state index in [4.69, 9.17) is 9.26 Å². The maximum absolute atomic E-state index is 12.2. The Hall–Kier alpha value is -2.30. The minimum atomic E-state index is 0.0605. The van der Waals surface area contributed by atoms with E-state index in [-0.39, 0.29) is 18.4 Å². The second kappa shape index (κ2) is 5.99. The third kappa shape index (κ3) is 3.42. The van der Waals surface area contributed by atoms with Crippen molar-refractivity contribution in [3.8, 4) is 5.75 Å². The van der Waals surface area contributed by atoms with E-state index in [1.54, 1.807) is 6.07 Å². The number of hydrogen-bond donors (Lipinski definition) is 0. The minimum absolute atomic E-state index is 0.0605. The van der Waals surface area contributed by atoms with Crippen molar-refractivity contribution in [2.75, 3.05) is 13.1 Å². The molecule has 1 atom stereocenters. The van der Waals surface area contributed by atoms with E-state index in [1.165, 1.54) is 0 Å². The van der Waals surface area contributed by atoms with Gasteiger partial charge in [0.05, 0.1) is 18.7 Å². The molecule has 0 bridgehead atoms. The van der Waals surface area contributed by atoms with Crippen LogP contribution < -0.4 is 4.74 Å². The Labute approximate surface area is 123 Å². The molecule has 1 aromatic carbocycles. The molecule has 1 aliphatic rings. The first-order chi connectivity index (χ1) is 10.2. The number of ether oxygens (including phenoxy) is 1. The summed E-state index contributed by atoms with van der Waals surface area (Å²) in [5.74, 6) is 1.53. The Morgan fingerprint density at radius 1 is 1.43 bits per heavy atom. The summed E-state index contributed by atoms with van der Waals surface area (Å²) >= 11 is 0. The van der Waals surface area contributed by atoms with E-state index in [1.807, 2.05) is 42.2 Å². The molecule has 110 valence electrons. The molecule has 1 amide bonds. The topological polar surface area (TPSA) is 55.6 Å². The molecule has 2 heterocycles. The van der Waals surface area contributed by atoms with E-state index in [9.17, 15) is 4.79 Å². The van der Waals surface area contributed by atoms with E-state index in [0.717, 1.165) is 24.4 Å². The van der Waals surface area contributed by atoms with Crippen molar-refractivity contribution in [2.45, 2.75) is 25.9 Å². The zero-order chi connectivity index (χ0) is 14.7. The Balaban J connectivity index is 1.53. The van der Waals surface area contributed by atoms with Gasteiger partial charge in [0.2, 0.25) is 5.91 Å². The van der Waals surface area contributed by atoms with Crippen LogP contribution in [0, 0.1) is 6.92 Å². The van der Waals surface area contributed by atoms with Gasteiger partial charge in [-0.05, 0) is 19.1 Å². The van der Waals surface area contributed by atoms with Gasteiger partial charge in [0.15, 0.2) is 0 Å². The molecule has 3 rings (SSSR count). The van der Waals surface area contributed by atoms with Crippen LogP contribution in [0.3, 0.4) is 0 Å². The van der Waals surface area contributed by atoms with Crippen molar-refractivity contribution in [1.82, 2.24) is 10.1 Å². The molecule has 5 nitrogen and oxygen atoms in total. The fraction of sp³-hybridized carbons (Fsp3) is 0.375. The maximum Gasteiger partial charge on any atom is 0.230 e. The highest BCUT2D eigenvalue weighted by Crippen LogP contribution is 2.18. The summed E-state index contributed by atoms with van der Waals surface area (Å²) in [6, 6.07) is 11.5. The number of aromatic nitrogens is 1. The molecule has 0 aliphatic carbocycles.